The lowest BCUT2D eigenvalue weighted by Gasteiger charge is -2.28. The Labute approximate surface area is 199 Å². The Balaban J connectivity index is 1.48. The molecule has 1 N–H and O–H groups in total. The van der Waals surface area contributed by atoms with E-state index in [1.165, 1.54) is 42.6 Å². The van der Waals surface area contributed by atoms with Crippen LogP contribution in [-0.4, -0.2) is 21.5 Å². The van der Waals surface area contributed by atoms with E-state index in [2.05, 4.69) is 46.8 Å². The fourth-order valence-electron chi connectivity index (χ4n) is 5.81. The number of ether oxygens (including phenoxy) is 2. The summed E-state index contributed by atoms with van der Waals surface area (Å²) in [5.41, 5.74) is 5.91. The highest BCUT2D eigenvalue weighted by Gasteiger charge is 2.43. The minimum Gasteiger partial charge on any atom is -0.454 e. The first-order valence-electron chi connectivity index (χ1n) is 11.7. The van der Waals surface area contributed by atoms with Crippen molar-refractivity contribution in [3.05, 3.63) is 71.3 Å². The lowest BCUT2D eigenvalue weighted by atomic mass is 9.96. The molecule has 2 atom stereocenters. The number of fused-ring (bicyclic) bond motifs is 1. The van der Waals surface area contributed by atoms with Gasteiger partial charge in [0.25, 0.3) is 0 Å². The van der Waals surface area contributed by atoms with E-state index < -0.39 is 0 Å². The van der Waals surface area contributed by atoms with Crippen LogP contribution >= 0.6 is 12.2 Å². The summed E-state index contributed by atoms with van der Waals surface area (Å²) in [6.07, 6.45) is 6.99. The van der Waals surface area contributed by atoms with Crippen molar-refractivity contribution in [1.82, 2.24) is 14.9 Å². The number of anilines is 1. The van der Waals surface area contributed by atoms with Crippen molar-refractivity contribution >= 4 is 23.0 Å². The van der Waals surface area contributed by atoms with Crippen LogP contribution in [0, 0.1) is 13.8 Å². The van der Waals surface area contributed by atoms with Crippen molar-refractivity contribution in [2.24, 2.45) is 0 Å². The largest absolute Gasteiger partial charge is 0.454 e. The molecular weight excluding hydrogens is 432 g/mol. The Bertz CT molecular complexity index is 1200. The fraction of sp³-hybridized carbons (Fsp3) is 0.385. The number of aryl methyl sites for hydroxylation is 1. The van der Waals surface area contributed by atoms with Gasteiger partial charge in [0.15, 0.2) is 16.6 Å². The molecule has 1 aliphatic carbocycles. The van der Waals surface area contributed by atoms with Crippen LogP contribution in [0.25, 0.3) is 0 Å². The van der Waals surface area contributed by atoms with E-state index in [0.29, 0.717) is 11.2 Å². The fourth-order valence-corrected chi connectivity index (χ4v) is 6.16. The summed E-state index contributed by atoms with van der Waals surface area (Å²) in [7, 11) is 0. The predicted molar refractivity (Wildman–Crippen MR) is 132 cm³/mol. The summed E-state index contributed by atoms with van der Waals surface area (Å²) in [5.74, 6) is 1.53. The van der Waals surface area contributed by atoms with Crippen molar-refractivity contribution < 1.29 is 9.47 Å². The first kappa shape index (κ1) is 20.5. The van der Waals surface area contributed by atoms with Crippen LogP contribution in [-0.2, 0) is 0 Å². The Morgan fingerprint density at radius 2 is 1.85 bits per heavy atom. The topological polar surface area (TPSA) is 51.6 Å². The number of hydrogen-bond acceptors (Lipinski definition) is 4. The van der Waals surface area contributed by atoms with Crippen LogP contribution in [0.2, 0.25) is 0 Å². The van der Waals surface area contributed by atoms with Gasteiger partial charge in [-0.1, -0.05) is 18.9 Å². The molecule has 6 rings (SSSR count). The summed E-state index contributed by atoms with van der Waals surface area (Å²) < 4.78 is 13.8. The van der Waals surface area contributed by atoms with Crippen molar-refractivity contribution in [2.45, 2.75) is 57.7 Å². The van der Waals surface area contributed by atoms with Crippen LogP contribution < -0.4 is 19.7 Å². The minimum atomic E-state index is -0.0540. The molecule has 1 aromatic carbocycles. The Hall–Kier alpha value is -3.06. The molecule has 2 aromatic heterocycles. The molecule has 0 spiro atoms. The van der Waals surface area contributed by atoms with Crippen LogP contribution in [0.3, 0.4) is 0 Å². The highest BCUT2D eigenvalue weighted by atomic mass is 32.1. The van der Waals surface area contributed by atoms with Gasteiger partial charge in [-0.15, -0.1) is 0 Å². The van der Waals surface area contributed by atoms with Crippen LogP contribution in [0.1, 0.15) is 66.5 Å². The van der Waals surface area contributed by atoms with E-state index >= 15 is 0 Å². The van der Waals surface area contributed by atoms with Gasteiger partial charge in [-0.05, 0) is 74.8 Å². The van der Waals surface area contributed by atoms with Crippen LogP contribution in [0.15, 0.2) is 48.7 Å². The molecule has 1 saturated carbocycles. The molecule has 0 bridgehead atoms. The van der Waals surface area contributed by atoms with Gasteiger partial charge >= 0.3 is 0 Å². The number of nitrogens with one attached hydrogen (secondary N) is 1. The number of pyridine rings is 1. The van der Waals surface area contributed by atoms with Gasteiger partial charge in [0, 0.05) is 35.4 Å². The van der Waals surface area contributed by atoms with Crippen molar-refractivity contribution in [3.63, 3.8) is 0 Å². The SMILES string of the molecule is Cc1cc([C@@H]2[C@@H](c3ccccn3)NC(=S)N2c2ccc3c(c2)OCO3)c(C)n1C1CCCC1. The third-order valence-corrected chi connectivity index (χ3v) is 7.58. The van der Waals surface area contributed by atoms with E-state index in [4.69, 9.17) is 26.7 Å². The quantitative estimate of drug-likeness (QED) is 0.518. The lowest BCUT2D eigenvalue weighted by Crippen LogP contribution is -2.29. The average Bonchev–Trinajstić information content (AvgIpc) is 3.60. The second-order valence-electron chi connectivity index (χ2n) is 9.17. The second-order valence-corrected chi connectivity index (χ2v) is 9.56. The molecule has 3 aromatic rings. The average molecular weight is 461 g/mol. The van der Waals surface area contributed by atoms with E-state index in [1.807, 2.05) is 30.5 Å². The zero-order valence-corrected chi connectivity index (χ0v) is 19.8. The first-order chi connectivity index (χ1) is 16.1. The van der Waals surface area contributed by atoms with Gasteiger partial charge in [0.05, 0.1) is 17.8 Å². The molecule has 0 radical (unpaired) electrons. The summed E-state index contributed by atoms with van der Waals surface area (Å²) in [6.45, 7) is 4.75. The number of hydrogen-bond donors (Lipinski definition) is 1. The zero-order chi connectivity index (χ0) is 22.5. The lowest BCUT2D eigenvalue weighted by molar-refractivity contribution is 0.174. The molecule has 7 heteroatoms. The van der Waals surface area contributed by atoms with Crippen LogP contribution in [0.5, 0.6) is 11.5 Å². The predicted octanol–water partition coefficient (Wildman–Crippen LogP) is 5.52. The van der Waals surface area contributed by atoms with Gasteiger partial charge in [-0.3, -0.25) is 4.98 Å². The first-order valence-corrected chi connectivity index (χ1v) is 12.1. The molecular formula is C26H28N4O2S. The van der Waals surface area contributed by atoms with Gasteiger partial charge in [-0.2, -0.15) is 0 Å². The molecule has 0 amide bonds. The Morgan fingerprint density at radius 1 is 1.03 bits per heavy atom. The molecule has 2 aliphatic heterocycles. The van der Waals surface area contributed by atoms with E-state index in [-0.39, 0.29) is 18.9 Å². The standard InChI is InChI=1S/C26H28N4O2S/c1-16-13-20(17(2)29(16)18-7-3-4-8-18)25-24(21-9-5-6-12-27-21)28-26(33)30(25)19-10-11-22-23(14-19)32-15-31-22/h5-6,9-14,18,24-25H,3-4,7-8,15H2,1-2H3,(H,28,33)/t24-,25-/m1/s1. The minimum absolute atomic E-state index is 0.0193. The smallest absolute Gasteiger partial charge is 0.231 e. The third kappa shape index (κ3) is 3.37. The van der Waals surface area contributed by atoms with E-state index in [0.717, 1.165) is 22.9 Å². The maximum atomic E-state index is 5.90. The molecule has 3 aliphatic rings. The van der Waals surface area contributed by atoms with E-state index in [1.54, 1.807) is 0 Å². The van der Waals surface area contributed by atoms with Gasteiger partial charge in [0.1, 0.15) is 0 Å². The highest BCUT2D eigenvalue weighted by Crippen LogP contribution is 2.46. The molecule has 170 valence electrons. The maximum absolute atomic E-state index is 5.90. The number of aromatic nitrogens is 2. The normalized spacial score (nSPS) is 22.2. The third-order valence-electron chi connectivity index (χ3n) is 7.26. The monoisotopic (exact) mass is 460 g/mol. The summed E-state index contributed by atoms with van der Waals surface area (Å²) in [6, 6.07) is 15.0. The molecule has 1 saturated heterocycles. The van der Waals surface area contributed by atoms with Gasteiger partial charge < -0.3 is 24.3 Å². The molecule has 4 heterocycles. The second kappa shape index (κ2) is 8.06. The zero-order valence-electron chi connectivity index (χ0n) is 19.0. The summed E-state index contributed by atoms with van der Waals surface area (Å²) in [5, 5.41) is 4.27. The number of thiocarbonyl (C=S) groups is 1. The number of rotatable bonds is 4. The summed E-state index contributed by atoms with van der Waals surface area (Å²) >= 11 is 5.90. The van der Waals surface area contributed by atoms with Crippen molar-refractivity contribution in [1.29, 1.82) is 0 Å². The number of benzene rings is 1. The van der Waals surface area contributed by atoms with Crippen molar-refractivity contribution in [3.8, 4) is 11.5 Å². The Morgan fingerprint density at radius 3 is 2.64 bits per heavy atom. The molecule has 33 heavy (non-hydrogen) atoms. The van der Waals surface area contributed by atoms with Crippen LogP contribution in [0.4, 0.5) is 5.69 Å². The van der Waals surface area contributed by atoms with Crippen molar-refractivity contribution in [2.75, 3.05) is 11.7 Å². The highest BCUT2D eigenvalue weighted by molar-refractivity contribution is 7.80. The molecule has 2 fully saturated rings. The van der Waals surface area contributed by atoms with Gasteiger partial charge in [-0.25, -0.2) is 0 Å². The summed E-state index contributed by atoms with van der Waals surface area (Å²) in [4.78, 5) is 6.91. The number of nitrogens with zero attached hydrogens (tertiary/aromatic N) is 3. The van der Waals surface area contributed by atoms with E-state index in [9.17, 15) is 0 Å². The molecule has 0 unspecified atom stereocenters. The Kier molecular flexibility index (Phi) is 5.02. The maximum Gasteiger partial charge on any atom is 0.231 e. The van der Waals surface area contributed by atoms with Gasteiger partial charge in [0.2, 0.25) is 6.79 Å². The molecule has 6 nitrogen and oxygen atoms in total.